The summed E-state index contributed by atoms with van der Waals surface area (Å²) in [6, 6.07) is 9.11. The van der Waals surface area contributed by atoms with E-state index in [1.54, 1.807) is 4.90 Å². The first-order valence-corrected chi connectivity index (χ1v) is 16.3. The van der Waals surface area contributed by atoms with Crippen molar-refractivity contribution in [2.45, 2.75) is 75.2 Å². The molecule has 8 rings (SSSR count). The summed E-state index contributed by atoms with van der Waals surface area (Å²) in [6.07, 6.45) is 6.53. The fraction of sp³-hybridized carbons (Fsp3) is 0.588. The third kappa shape index (κ3) is 4.63. The molecule has 3 saturated heterocycles. The number of alkyl halides is 1. The van der Waals surface area contributed by atoms with Crippen LogP contribution in [0.4, 0.5) is 15.9 Å². The molecule has 4 aliphatic heterocycles. The molecule has 2 aromatic rings. The molecule has 1 aromatic carbocycles. The van der Waals surface area contributed by atoms with Crippen LogP contribution < -0.4 is 14.5 Å². The van der Waals surface area contributed by atoms with Crippen LogP contribution in [0, 0.1) is 17.2 Å². The summed E-state index contributed by atoms with van der Waals surface area (Å²) in [5, 5.41) is 9.56. The van der Waals surface area contributed by atoms with E-state index in [2.05, 4.69) is 45.5 Å². The Labute approximate surface area is 258 Å². The van der Waals surface area contributed by atoms with Crippen molar-refractivity contribution in [1.29, 1.82) is 5.26 Å². The Bertz CT molecular complexity index is 1540. The minimum absolute atomic E-state index is 0.148. The number of carbonyl (C=O) groups excluding carboxylic acids is 1. The Balaban J connectivity index is 1.12. The van der Waals surface area contributed by atoms with Crippen LogP contribution in [0.2, 0.25) is 0 Å². The highest BCUT2D eigenvalue weighted by Crippen LogP contribution is 2.59. The second-order valence-electron chi connectivity index (χ2n) is 13.6. The maximum Gasteiger partial charge on any atom is 0.318 e. The zero-order valence-corrected chi connectivity index (χ0v) is 25.3. The van der Waals surface area contributed by atoms with E-state index in [-0.39, 0.29) is 23.9 Å². The predicted octanol–water partition coefficient (Wildman–Crippen LogP) is 3.77. The monoisotopic (exact) mass is 597 g/mol. The van der Waals surface area contributed by atoms with Gasteiger partial charge in [0.2, 0.25) is 5.91 Å². The Hall–Kier alpha value is -3.71. The number of nitrogens with zero attached hydrogens (tertiary/aromatic N) is 7. The molecule has 1 aromatic heterocycles. The number of hydrogen-bond acceptors (Lipinski definition) is 8. The lowest BCUT2D eigenvalue weighted by molar-refractivity contribution is -0.128. The van der Waals surface area contributed by atoms with Crippen LogP contribution in [-0.2, 0) is 24.2 Å². The molecule has 0 bridgehead atoms. The SMILES string of the molecule is C=CC(=O)N1CCN(c2nc(OC[C@@]34CCCN3C[C@H](F)C4)nc3c2CCN(c2cccc4c2[C@H]2C[C@H]2C4)C3)C[C@@H]1CC#N. The topological polar surface area (TPSA) is 88.8 Å². The molecule has 230 valence electrons. The van der Waals surface area contributed by atoms with E-state index in [0.29, 0.717) is 57.7 Å². The first-order valence-electron chi connectivity index (χ1n) is 16.3. The summed E-state index contributed by atoms with van der Waals surface area (Å²) in [6.45, 7) is 8.59. The maximum atomic E-state index is 14.5. The van der Waals surface area contributed by atoms with E-state index in [4.69, 9.17) is 14.7 Å². The van der Waals surface area contributed by atoms with Crippen LogP contribution in [-0.4, -0.2) is 89.3 Å². The van der Waals surface area contributed by atoms with Crippen LogP contribution in [0.25, 0.3) is 0 Å². The molecule has 0 unspecified atom stereocenters. The van der Waals surface area contributed by atoms with Crippen LogP contribution in [0.5, 0.6) is 6.01 Å². The molecule has 9 nitrogen and oxygen atoms in total. The molecule has 5 atom stereocenters. The highest BCUT2D eigenvalue weighted by Gasteiger charge is 2.50. The summed E-state index contributed by atoms with van der Waals surface area (Å²) >= 11 is 0. The predicted molar refractivity (Wildman–Crippen MR) is 164 cm³/mol. The molecule has 2 aliphatic carbocycles. The average Bonchev–Trinajstić information content (AvgIpc) is 3.36. The number of amides is 1. The largest absolute Gasteiger partial charge is 0.461 e. The van der Waals surface area contributed by atoms with Crippen molar-refractivity contribution in [1.82, 2.24) is 19.8 Å². The molecule has 1 amide bonds. The van der Waals surface area contributed by atoms with Gasteiger partial charge in [0, 0.05) is 50.4 Å². The standard InChI is InChI=1S/C34H40FN7O2/c1-2-30(43)42-14-13-40(19-25(42)7-10-36)32-26-8-12-39(29-6-3-5-22-15-23-16-27(23)31(22)29)20-28(26)37-33(38-32)44-21-34-9-4-11-41(34)18-24(35)17-34/h2-3,5-6,23-25,27H,1,4,7-9,11-21H2/t23-,24-,25+,27+,34+/m1/s1. The Morgan fingerprint density at radius 3 is 2.98 bits per heavy atom. The van der Waals surface area contributed by atoms with Gasteiger partial charge in [-0.25, -0.2) is 4.39 Å². The molecule has 0 radical (unpaired) electrons. The van der Waals surface area contributed by atoms with E-state index in [9.17, 15) is 14.4 Å². The van der Waals surface area contributed by atoms with Gasteiger partial charge >= 0.3 is 6.01 Å². The van der Waals surface area contributed by atoms with Crippen LogP contribution in [0.1, 0.15) is 60.4 Å². The van der Waals surface area contributed by atoms with Crippen molar-refractivity contribution < 1.29 is 13.9 Å². The molecule has 0 N–H and O–H groups in total. The van der Waals surface area contributed by atoms with E-state index >= 15 is 0 Å². The third-order valence-electron chi connectivity index (χ3n) is 11.1. The lowest BCUT2D eigenvalue weighted by Gasteiger charge is -2.42. The molecule has 6 aliphatic rings. The average molecular weight is 598 g/mol. The maximum absolute atomic E-state index is 14.5. The third-order valence-corrected chi connectivity index (χ3v) is 11.1. The Morgan fingerprint density at radius 1 is 1.20 bits per heavy atom. The number of nitriles is 1. The summed E-state index contributed by atoms with van der Waals surface area (Å²) in [5.41, 5.74) is 6.18. The van der Waals surface area contributed by atoms with Gasteiger partial charge in [0.1, 0.15) is 18.6 Å². The van der Waals surface area contributed by atoms with Crippen molar-refractivity contribution in [3.63, 3.8) is 0 Å². The first-order chi connectivity index (χ1) is 21.5. The molecular weight excluding hydrogens is 557 g/mol. The van der Waals surface area contributed by atoms with Gasteiger partial charge in [-0.1, -0.05) is 18.7 Å². The van der Waals surface area contributed by atoms with Crippen molar-refractivity contribution in [2.24, 2.45) is 5.92 Å². The number of benzene rings is 1. The van der Waals surface area contributed by atoms with Crippen molar-refractivity contribution in [3.05, 3.63) is 53.2 Å². The molecule has 44 heavy (non-hydrogen) atoms. The zero-order valence-electron chi connectivity index (χ0n) is 25.3. The second kappa shape index (κ2) is 10.7. The van der Waals surface area contributed by atoms with Crippen LogP contribution in [0.3, 0.4) is 0 Å². The van der Waals surface area contributed by atoms with Crippen molar-refractivity contribution in [2.75, 3.05) is 55.7 Å². The van der Waals surface area contributed by atoms with Crippen molar-refractivity contribution in [3.8, 4) is 12.1 Å². The van der Waals surface area contributed by atoms with Gasteiger partial charge in [-0.05, 0) is 73.8 Å². The number of piperazine rings is 1. The number of anilines is 2. The van der Waals surface area contributed by atoms with Crippen LogP contribution >= 0.6 is 0 Å². The van der Waals surface area contributed by atoms with Gasteiger partial charge in [0.15, 0.2) is 0 Å². The first kappa shape index (κ1) is 27.8. The van der Waals surface area contributed by atoms with E-state index in [1.165, 1.54) is 35.7 Å². The Morgan fingerprint density at radius 2 is 2.11 bits per heavy atom. The number of halogens is 1. The van der Waals surface area contributed by atoms with Gasteiger partial charge in [-0.15, -0.1) is 0 Å². The molecule has 0 spiro atoms. The lowest BCUT2D eigenvalue weighted by Crippen LogP contribution is -2.55. The van der Waals surface area contributed by atoms with Crippen molar-refractivity contribution >= 4 is 17.4 Å². The number of rotatable bonds is 7. The van der Waals surface area contributed by atoms with Gasteiger partial charge in [0.05, 0.1) is 36.3 Å². The van der Waals surface area contributed by atoms with E-state index in [1.807, 2.05) is 0 Å². The highest BCUT2D eigenvalue weighted by molar-refractivity contribution is 5.87. The fourth-order valence-electron chi connectivity index (χ4n) is 8.89. The number of hydrogen-bond donors (Lipinski definition) is 0. The molecule has 4 fully saturated rings. The van der Waals surface area contributed by atoms with Gasteiger partial charge < -0.3 is 19.4 Å². The zero-order chi connectivity index (χ0) is 30.0. The Kier molecular flexibility index (Phi) is 6.78. The molecule has 10 heteroatoms. The normalized spacial score (nSPS) is 30.3. The number of fused-ring (bicyclic) bond motifs is 5. The summed E-state index contributed by atoms with van der Waals surface area (Å²) in [4.78, 5) is 31.3. The lowest BCUT2D eigenvalue weighted by atomic mass is 9.95. The smallest absolute Gasteiger partial charge is 0.318 e. The number of carbonyl (C=O) groups is 1. The summed E-state index contributed by atoms with van der Waals surface area (Å²) < 4.78 is 20.9. The van der Waals surface area contributed by atoms with E-state index in [0.717, 1.165) is 55.3 Å². The molecule has 5 heterocycles. The number of ether oxygens (including phenoxy) is 1. The van der Waals surface area contributed by atoms with Crippen LogP contribution in [0.15, 0.2) is 30.9 Å². The summed E-state index contributed by atoms with van der Waals surface area (Å²) in [5.74, 6) is 2.22. The number of aromatic nitrogens is 2. The quantitative estimate of drug-likeness (QED) is 0.446. The highest BCUT2D eigenvalue weighted by atomic mass is 19.1. The molecule has 1 saturated carbocycles. The van der Waals surface area contributed by atoms with Gasteiger partial charge in [-0.3, -0.25) is 9.69 Å². The fourth-order valence-corrected chi connectivity index (χ4v) is 8.89. The van der Waals surface area contributed by atoms with E-state index < -0.39 is 6.17 Å². The minimum atomic E-state index is -0.822. The van der Waals surface area contributed by atoms with Gasteiger partial charge in [0.25, 0.3) is 0 Å². The van der Waals surface area contributed by atoms with Gasteiger partial charge in [-0.2, -0.15) is 15.2 Å². The summed E-state index contributed by atoms with van der Waals surface area (Å²) in [7, 11) is 0. The molecular formula is C34H40FN7O2. The minimum Gasteiger partial charge on any atom is -0.461 e. The second-order valence-corrected chi connectivity index (χ2v) is 13.6.